The van der Waals surface area contributed by atoms with Crippen molar-refractivity contribution in [2.75, 3.05) is 22.4 Å². The van der Waals surface area contributed by atoms with E-state index in [0.29, 0.717) is 16.9 Å². The van der Waals surface area contributed by atoms with Crippen LogP contribution in [0.4, 0.5) is 17.1 Å². The number of benzene rings is 2. The van der Waals surface area contributed by atoms with Crippen LogP contribution in [-0.4, -0.2) is 36.6 Å². The number of aromatic nitrogens is 1. The van der Waals surface area contributed by atoms with Gasteiger partial charge in [0.25, 0.3) is 5.69 Å². The molecule has 0 bridgehead atoms. The van der Waals surface area contributed by atoms with Crippen LogP contribution >= 0.6 is 11.3 Å². The van der Waals surface area contributed by atoms with E-state index in [0.717, 1.165) is 33.5 Å². The molecule has 158 valence electrons. The molecule has 0 unspecified atom stereocenters. The number of nitro benzene ring substituents is 1. The number of anilines is 2. The van der Waals surface area contributed by atoms with Crippen LogP contribution in [0.25, 0.3) is 10.2 Å². The Balaban J connectivity index is 1.85. The third kappa shape index (κ3) is 4.49. The van der Waals surface area contributed by atoms with E-state index in [1.54, 1.807) is 22.8 Å². The Hall–Kier alpha value is -3.25. The summed E-state index contributed by atoms with van der Waals surface area (Å²) in [6.07, 6.45) is 0.913. The highest BCUT2D eigenvalue weighted by Crippen LogP contribution is 2.24. The van der Waals surface area contributed by atoms with Gasteiger partial charge in [0.05, 0.1) is 27.1 Å². The summed E-state index contributed by atoms with van der Waals surface area (Å²) in [6.45, 7) is 1.82. The van der Waals surface area contributed by atoms with E-state index in [1.165, 1.54) is 18.2 Å². The molecule has 0 radical (unpaired) electrons. The zero-order valence-electron chi connectivity index (χ0n) is 16.1. The van der Waals surface area contributed by atoms with Gasteiger partial charge in [-0.15, -0.1) is 0 Å². The van der Waals surface area contributed by atoms with Gasteiger partial charge in [-0.3, -0.25) is 28.6 Å². The second-order valence-electron chi connectivity index (χ2n) is 6.39. The molecule has 1 heterocycles. The fourth-order valence-electron chi connectivity index (χ4n) is 2.94. The van der Waals surface area contributed by atoms with Gasteiger partial charge in [-0.05, 0) is 31.2 Å². The predicted octanol–water partition coefficient (Wildman–Crippen LogP) is 2.40. The average molecular weight is 450 g/mol. The van der Waals surface area contributed by atoms with Crippen LogP contribution in [0.1, 0.15) is 6.92 Å². The Bertz CT molecular complexity index is 1300. The Morgan fingerprint density at radius 1 is 1.27 bits per heavy atom. The number of hydrogen-bond acceptors (Lipinski definition) is 7. The highest BCUT2D eigenvalue weighted by atomic mass is 32.2. The molecule has 1 N–H and O–H groups in total. The number of rotatable bonds is 7. The lowest BCUT2D eigenvalue weighted by molar-refractivity contribution is -0.384. The zero-order valence-corrected chi connectivity index (χ0v) is 17.7. The average Bonchev–Trinajstić information content (AvgIpc) is 2.99. The molecule has 0 fully saturated rings. The summed E-state index contributed by atoms with van der Waals surface area (Å²) in [5.41, 5.74) is 0.877. The number of amides is 1. The number of nitro groups is 1. The summed E-state index contributed by atoms with van der Waals surface area (Å²) in [4.78, 5) is 34.7. The van der Waals surface area contributed by atoms with Crippen LogP contribution in [-0.2, 0) is 21.4 Å². The van der Waals surface area contributed by atoms with Crippen LogP contribution in [0.2, 0.25) is 0 Å². The maximum Gasteiger partial charge on any atom is 0.308 e. The van der Waals surface area contributed by atoms with Crippen molar-refractivity contribution >= 4 is 54.5 Å². The summed E-state index contributed by atoms with van der Waals surface area (Å²) >= 11 is 1.05. The molecule has 2 aromatic carbocycles. The van der Waals surface area contributed by atoms with Crippen molar-refractivity contribution in [1.82, 2.24) is 4.57 Å². The van der Waals surface area contributed by atoms with E-state index in [9.17, 15) is 28.1 Å². The molecule has 0 atom stereocenters. The van der Waals surface area contributed by atoms with Gasteiger partial charge < -0.3 is 5.32 Å². The van der Waals surface area contributed by atoms with E-state index >= 15 is 0 Å². The third-order valence-electron chi connectivity index (χ3n) is 4.28. The van der Waals surface area contributed by atoms with Gasteiger partial charge in [0.2, 0.25) is 15.9 Å². The fraction of sp³-hybridized carbons (Fsp3) is 0.222. The van der Waals surface area contributed by atoms with Crippen molar-refractivity contribution in [2.24, 2.45) is 0 Å². The number of fused-ring (bicyclic) bond motifs is 1. The lowest BCUT2D eigenvalue weighted by atomic mass is 10.2. The number of non-ortho nitro benzene ring substituents is 1. The smallest absolute Gasteiger partial charge is 0.308 e. The monoisotopic (exact) mass is 450 g/mol. The molecule has 10 nitrogen and oxygen atoms in total. The largest absolute Gasteiger partial charge is 0.324 e. The number of carbonyl (C=O) groups is 1. The molecule has 0 aliphatic rings. The molecule has 0 aliphatic heterocycles. The minimum Gasteiger partial charge on any atom is -0.324 e. The van der Waals surface area contributed by atoms with Crippen LogP contribution < -0.4 is 14.5 Å². The van der Waals surface area contributed by atoms with E-state index in [4.69, 9.17) is 0 Å². The Morgan fingerprint density at radius 3 is 2.63 bits per heavy atom. The molecule has 0 spiro atoms. The summed E-state index contributed by atoms with van der Waals surface area (Å²) in [6, 6.07) is 10.0. The van der Waals surface area contributed by atoms with Crippen molar-refractivity contribution < 1.29 is 18.1 Å². The molecular formula is C18H18N4O6S2. The second kappa shape index (κ2) is 8.24. The first-order valence-corrected chi connectivity index (χ1v) is 11.4. The van der Waals surface area contributed by atoms with Gasteiger partial charge in [0.1, 0.15) is 6.54 Å². The molecule has 0 saturated carbocycles. The lowest BCUT2D eigenvalue weighted by Crippen LogP contribution is -2.37. The van der Waals surface area contributed by atoms with E-state index < -0.39 is 27.4 Å². The highest BCUT2D eigenvalue weighted by Gasteiger charge is 2.23. The Morgan fingerprint density at radius 2 is 2.00 bits per heavy atom. The number of aryl methyl sites for hydroxylation is 1. The maximum absolute atomic E-state index is 12.5. The standard InChI is InChI=1S/C18H18N4O6S2/c1-3-20-15-8-7-12(9-16(15)29-18(20)24)19-17(23)11-21(30(2,27)28)13-5-4-6-14(10-13)22(25)26/h4-10H,3,11H2,1-2H3,(H,19,23). The first-order chi connectivity index (χ1) is 14.1. The topological polar surface area (TPSA) is 132 Å². The van der Waals surface area contributed by atoms with Crippen LogP contribution in [0.3, 0.4) is 0 Å². The summed E-state index contributed by atoms with van der Waals surface area (Å²) in [5, 5.41) is 13.6. The van der Waals surface area contributed by atoms with Crippen molar-refractivity contribution in [2.45, 2.75) is 13.5 Å². The Kier molecular flexibility index (Phi) is 5.89. The first kappa shape index (κ1) is 21.5. The SMILES string of the molecule is CCn1c(=O)sc2cc(NC(=O)CN(c3cccc([N+](=O)[O-])c3)S(C)(=O)=O)ccc21. The van der Waals surface area contributed by atoms with Crippen LogP contribution in [0, 0.1) is 10.1 Å². The summed E-state index contributed by atoms with van der Waals surface area (Å²) in [5.74, 6) is -0.631. The molecular weight excluding hydrogens is 432 g/mol. The van der Waals surface area contributed by atoms with Gasteiger partial charge in [-0.25, -0.2) is 8.42 Å². The van der Waals surface area contributed by atoms with Crippen LogP contribution in [0.5, 0.6) is 0 Å². The number of carbonyl (C=O) groups excluding carboxylic acids is 1. The molecule has 30 heavy (non-hydrogen) atoms. The molecule has 1 amide bonds. The number of nitrogens with one attached hydrogen (secondary N) is 1. The Labute approximate surface area is 175 Å². The van der Waals surface area contributed by atoms with Gasteiger partial charge in [0, 0.05) is 24.4 Å². The van der Waals surface area contributed by atoms with Crippen molar-refractivity contribution in [1.29, 1.82) is 0 Å². The van der Waals surface area contributed by atoms with Gasteiger partial charge in [-0.1, -0.05) is 17.4 Å². The first-order valence-electron chi connectivity index (χ1n) is 8.75. The summed E-state index contributed by atoms with van der Waals surface area (Å²) < 4.78 is 27.5. The van der Waals surface area contributed by atoms with Gasteiger partial charge >= 0.3 is 4.87 Å². The molecule has 0 aliphatic carbocycles. The lowest BCUT2D eigenvalue weighted by Gasteiger charge is -2.21. The normalized spacial score (nSPS) is 11.4. The molecule has 3 rings (SSSR count). The number of thiazole rings is 1. The van der Waals surface area contributed by atoms with Crippen molar-refractivity contribution in [3.05, 3.63) is 62.2 Å². The van der Waals surface area contributed by atoms with E-state index in [-0.39, 0.29) is 16.2 Å². The molecule has 12 heteroatoms. The minimum absolute atomic E-state index is 0.00976. The predicted molar refractivity (Wildman–Crippen MR) is 116 cm³/mol. The quantitative estimate of drug-likeness (QED) is 0.434. The number of hydrogen-bond donors (Lipinski definition) is 1. The van der Waals surface area contributed by atoms with Crippen molar-refractivity contribution in [3.8, 4) is 0 Å². The third-order valence-corrected chi connectivity index (χ3v) is 6.37. The number of nitrogens with zero attached hydrogens (tertiary/aromatic N) is 3. The second-order valence-corrected chi connectivity index (χ2v) is 9.29. The van der Waals surface area contributed by atoms with Crippen LogP contribution in [0.15, 0.2) is 47.3 Å². The molecule has 3 aromatic rings. The van der Waals surface area contributed by atoms with Gasteiger partial charge in [-0.2, -0.15) is 0 Å². The minimum atomic E-state index is -3.88. The van der Waals surface area contributed by atoms with E-state index in [2.05, 4.69) is 5.32 Å². The zero-order chi connectivity index (χ0) is 22.1. The molecule has 1 aromatic heterocycles. The summed E-state index contributed by atoms with van der Waals surface area (Å²) in [7, 11) is -3.88. The van der Waals surface area contributed by atoms with Gasteiger partial charge in [0.15, 0.2) is 0 Å². The van der Waals surface area contributed by atoms with Crippen molar-refractivity contribution in [3.63, 3.8) is 0 Å². The highest BCUT2D eigenvalue weighted by molar-refractivity contribution is 7.92. The fourth-order valence-corrected chi connectivity index (χ4v) is 4.78. The molecule has 0 saturated heterocycles. The number of sulfonamides is 1. The maximum atomic E-state index is 12.5. The van der Waals surface area contributed by atoms with E-state index in [1.807, 2.05) is 6.92 Å².